The van der Waals surface area contributed by atoms with Gasteiger partial charge in [0.25, 0.3) is 11.8 Å². The van der Waals surface area contributed by atoms with Gasteiger partial charge in [0.1, 0.15) is 17.3 Å². The van der Waals surface area contributed by atoms with Crippen molar-refractivity contribution in [2.75, 3.05) is 6.54 Å². The van der Waals surface area contributed by atoms with Crippen LogP contribution in [0.15, 0.2) is 76.3 Å². The van der Waals surface area contributed by atoms with Crippen molar-refractivity contribution < 1.29 is 18.0 Å². The fourth-order valence-electron chi connectivity index (χ4n) is 6.52. The number of hydrogen-bond acceptors (Lipinski definition) is 7. The Bertz CT molecular complexity index is 2150. The number of nitrogens with zero attached hydrogens (tertiary/aromatic N) is 6. The van der Waals surface area contributed by atoms with E-state index in [1.807, 2.05) is 27.8 Å². The minimum absolute atomic E-state index is 0.0271. The highest BCUT2D eigenvalue weighted by Gasteiger charge is 2.44. The molecule has 6 aromatic rings. The van der Waals surface area contributed by atoms with E-state index >= 15 is 0 Å². The van der Waals surface area contributed by atoms with Crippen LogP contribution < -0.4 is 5.76 Å². The van der Waals surface area contributed by atoms with Crippen molar-refractivity contribution in [2.45, 2.75) is 38.3 Å². The maximum atomic E-state index is 14.0. The average molecular weight is 606 g/mol. The summed E-state index contributed by atoms with van der Waals surface area (Å²) in [6.07, 6.45) is 7.41. The van der Waals surface area contributed by atoms with E-state index < -0.39 is 11.6 Å². The molecule has 0 saturated carbocycles. The van der Waals surface area contributed by atoms with E-state index in [4.69, 9.17) is 14.4 Å². The molecule has 1 fully saturated rings. The number of aromatic nitrogens is 6. The summed E-state index contributed by atoms with van der Waals surface area (Å²) in [5, 5.41) is 7.32. The maximum Gasteiger partial charge on any atom is 0.434 e. The lowest BCUT2D eigenvalue weighted by Crippen LogP contribution is -2.23. The lowest BCUT2D eigenvalue weighted by Gasteiger charge is -2.17. The van der Waals surface area contributed by atoms with Crippen LogP contribution in [0.25, 0.3) is 33.6 Å². The van der Waals surface area contributed by atoms with Crippen molar-refractivity contribution in [2.24, 2.45) is 0 Å². The van der Waals surface area contributed by atoms with Gasteiger partial charge in [-0.05, 0) is 67.6 Å². The Morgan fingerprint density at radius 2 is 1.78 bits per heavy atom. The van der Waals surface area contributed by atoms with Gasteiger partial charge >= 0.3 is 5.76 Å². The van der Waals surface area contributed by atoms with Crippen molar-refractivity contribution in [1.82, 2.24) is 34.6 Å². The maximum absolute atomic E-state index is 14.0. The predicted molar refractivity (Wildman–Crippen MR) is 159 cm³/mol. The first kappa shape index (κ1) is 27.1. The SMILES string of the molecule is O=C1c2c(nc(CCc3ccc(F)cc3)c(-c3n[nH]c(=O)o3)c2-c2cnc3c(ccn3Cc3ccc(F)cn3)c2)C2CCCN12. The molecule has 1 N–H and O–H groups in total. The molecule has 45 heavy (non-hydrogen) atoms. The molecule has 224 valence electrons. The quantitative estimate of drug-likeness (QED) is 0.264. The van der Waals surface area contributed by atoms with E-state index in [2.05, 4.69) is 15.2 Å². The van der Waals surface area contributed by atoms with Gasteiger partial charge in [0.15, 0.2) is 0 Å². The Hall–Kier alpha value is -5.52. The number of amides is 1. The first-order chi connectivity index (χ1) is 21.9. The van der Waals surface area contributed by atoms with E-state index in [-0.39, 0.29) is 23.7 Å². The summed E-state index contributed by atoms with van der Waals surface area (Å²) in [4.78, 5) is 42.0. The molecule has 8 rings (SSSR count). The molecule has 1 saturated heterocycles. The molecule has 0 aliphatic carbocycles. The fraction of sp³-hybridized carbons (Fsp3) is 0.212. The second kappa shape index (κ2) is 10.6. The van der Waals surface area contributed by atoms with Gasteiger partial charge in [-0.3, -0.25) is 14.8 Å². The topological polar surface area (TPSA) is 123 Å². The molecule has 1 amide bonds. The lowest BCUT2D eigenvalue weighted by atomic mass is 9.90. The van der Waals surface area contributed by atoms with E-state index in [9.17, 15) is 18.4 Å². The standard InChI is InChI=1S/C33H25F2N7O3/c34-21-6-3-18(4-7-21)5-10-24-27(31-39-40-33(44)45-31)26(28-29(38-24)25-2-1-12-42(25)32(28)43)20-14-19-11-13-41(30(19)37-15-20)17-23-9-8-22(35)16-36-23/h3-4,6-9,11,13-16,25H,1-2,5,10,12,17H2,(H,40,44). The first-order valence-corrected chi connectivity index (χ1v) is 14.7. The van der Waals surface area contributed by atoms with E-state index in [0.717, 1.165) is 23.8 Å². The zero-order valence-corrected chi connectivity index (χ0v) is 23.8. The smallest absolute Gasteiger partial charge is 0.388 e. The number of aromatic amines is 1. The summed E-state index contributed by atoms with van der Waals surface area (Å²) in [7, 11) is 0. The third kappa shape index (κ3) is 4.69. The Morgan fingerprint density at radius 1 is 0.933 bits per heavy atom. The second-order valence-electron chi connectivity index (χ2n) is 11.3. The molecule has 1 unspecified atom stereocenters. The van der Waals surface area contributed by atoms with Crippen LogP contribution in [-0.4, -0.2) is 47.1 Å². The summed E-state index contributed by atoms with van der Waals surface area (Å²) in [5.41, 5.74) is 5.71. The highest BCUT2D eigenvalue weighted by Crippen LogP contribution is 2.47. The number of benzene rings is 1. The van der Waals surface area contributed by atoms with E-state index in [0.29, 0.717) is 70.9 Å². The van der Waals surface area contributed by atoms with Gasteiger partial charge in [0.05, 0.1) is 47.0 Å². The molecule has 1 aromatic carbocycles. The zero-order chi connectivity index (χ0) is 30.7. The number of fused-ring (bicyclic) bond motifs is 4. The predicted octanol–water partition coefficient (Wildman–Crippen LogP) is 5.24. The number of nitrogens with one attached hydrogen (secondary N) is 1. The third-order valence-corrected chi connectivity index (χ3v) is 8.57. The number of carbonyl (C=O) groups is 1. The molecule has 0 radical (unpaired) electrons. The summed E-state index contributed by atoms with van der Waals surface area (Å²) >= 11 is 0. The van der Waals surface area contributed by atoms with Gasteiger partial charge in [-0.15, -0.1) is 5.10 Å². The van der Waals surface area contributed by atoms with Crippen molar-refractivity contribution >= 4 is 16.9 Å². The molecular formula is C33H25F2N7O3. The van der Waals surface area contributed by atoms with Crippen LogP contribution in [0, 0.1) is 11.6 Å². The minimum Gasteiger partial charge on any atom is -0.388 e. The molecule has 1 atom stereocenters. The molecule has 2 aliphatic heterocycles. The number of H-pyrrole nitrogens is 1. The summed E-state index contributed by atoms with van der Waals surface area (Å²) in [6.45, 7) is 1.03. The Labute approximate surface area is 254 Å². The molecule has 12 heteroatoms. The van der Waals surface area contributed by atoms with Crippen molar-refractivity contribution in [3.8, 4) is 22.6 Å². The van der Waals surface area contributed by atoms with Gasteiger partial charge in [-0.25, -0.2) is 23.7 Å². The highest BCUT2D eigenvalue weighted by atomic mass is 19.1. The van der Waals surface area contributed by atoms with Crippen LogP contribution >= 0.6 is 0 Å². The monoisotopic (exact) mass is 605 g/mol. The second-order valence-corrected chi connectivity index (χ2v) is 11.3. The van der Waals surface area contributed by atoms with Crippen LogP contribution in [-0.2, 0) is 19.4 Å². The van der Waals surface area contributed by atoms with Crippen LogP contribution in [0.4, 0.5) is 8.78 Å². The summed E-state index contributed by atoms with van der Waals surface area (Å²) < 4.78 is 34.4. The van der Waals surface area contributed by atoms with E-state index in [1.165, 1.54) is 24.4 Å². The molecule has 2 aliphatic rings. The van der Waals surface area contributed by atoms with Crippen molar-refractivity contribution in [1.29, 1.82) is 0 Å². The number of rotatable bonds is 7. The fourth-order valence-corrected chi connectivity index (χ4v) is 6.52. The normalized spacial score (nSPS) is 15.6. The van der Waals surface area contributed by atoms with Crippen LogP contribution in [0.5, 0.6) is 0 Å². The third-order valence-electron chi connectivity index (χ3n) is 8.57. The Morgan fingerprint density at radius 3 is 2.56 bits per heavy atom. The van der Waals surface area contributed by atoms with Crippen LogP contribution in [0.2, 0.25) is 0 Å². The molecule has 0 bridgehead atoms. The van der Waals surface area contributed by atoms with Crippen molar-refractivity contribution in [3.63, 3.8) is 0 Å². The zero-order valence-electron chi connectivity index (χ0n) is 23.8. The van der Waals surface area contributed by atoms with Gasteiger partial charge in [0.2, 0.25) is 0 Å². The molecule has 7 heterocycles. The van der Waals surface area contributed by atoms with Gasteiger partial charge < -0.3 is 13.9 Å². The van der Waals surface area contributed by atoms with Crippen molar-refractivity contribution in [3.05, 3.63) is 118 Å². The van der Waals surface area contributed by atoms with Crippen LogP contribution in [0.3, 0.4) is 0 Å². The number of halogens is 2. The van der Waals surface area contributed by atoms with Gasteiger partial charge in [0, 0.05) is 35.5 Å². The summed E-state index contributed by atoms with van der Waals surface area (Å²) in [6, 6.07) is 13.0. The molecule has 5 aromatic heterocycles. The van der Waals surface area contributed by atoms with Crippen LogP contribution in [0.1, 0.15) is 51.9 Å². The minimum atomic E-state index is -0.729. The Kier molecular flexibility index (Phi) is 6.36. The largest absolute Gasteiger partial charge is 0.434 e. The Balaban J connectivity index is 1.30. The van der Waals surface area contributed by atoms with E-state index in [1.54, 1.807) is 24.4 Å². The average Bonchev–Trinajstić information content (AvgIpc) is 3.84. The van der Waals surface area contributed by atoms with Gasteiger partial charge in [-0.2, -0.15) is 0 Å². The number of aryl methyl sites for hydroxylation is 2. The number of pyridine rings is 3. The number of carbonyl (C=O) groups excluding carboxylic acids is 1. The summed E-state index contributed by atoms with van der Waals surface area (Å²) in [5.74, 6) is -1.55. The first-order valence-electron chi connectivity index (χ1n) is 14.7. The molecule has 0 spiro atoms. The number of hydrogen-bond donors (Lipinski definition) is 1. The molecule has 10 nitrogen and oxygen atoms in total. The van der Waals surface area contributed by atoms with Gasteiger partial charge in [-0.1, -0.05) is 12.1 Å². The molecular weight excluding hydrogens is 580 g/mol. The highest BCUT2D eigenvalue weighted by molar-refractivity contribution is 6.08. The lowest BCUT2D eigenvalue weighted by molar-refractivity contribution is 0.0776.